The number of carbonyl (C=O) groups excluding carboxylic acids is 2. The standard InChI is InChI=1S/C6H6FN3O3/c7-13-5(12)3-4(11)10-6-8-1-2-9-6/h1-2H,3H2,(H2,8,9,10,11). The summed E-state index contributed by atoms with van der Waals surface area (Å²) in [6.07, 6.45) is 2.23. The van der Waals surface area contributed by atoms with E-state index < -0.39 is 18.3 Å². The molecule has 0 aliphatic rings. The molecule has 70 valence electrons. The fourth-order valence-corrected chi connectivity index (χ4v) is 0.668. The lowest BCUT2D eigenvalue weighted by Crippen LogP contribution is -2.17. The van der Waals surface area contributed by atoms with E-state index in [4.69, 9.17) is 0 Å². The van der Waals surface area contributed by atoms with E-state index in [0.29, 0.717) is 0 Å². The number of nitrogens with one attached hydrogen (secondary N) is 2. The highest BCUT2D eigenvalue weighted by atomic mass is 19.3. The molecule has 0 aliphatic carbocycles. The largest absolute Gasteiger partial charge is 0.358 e. The lowest BCUT2D eigenvalue weighted by atomic mass is 10.4. The second-order valence-electron chi connectivity index (χ2n) is 2.11. The van der Waals surface area contributed by atoms with Crippen LogP contribution in [0.15, 0.2) is 12.4 Å². The molecule has 2 N–H and O–H groups in total. The molecule has 1 rings (SSSR count). The van der Waals surface area contributed by atoms with Gasteiger partial charge in [-0.1, -0.05) is 0 Å². The average Bonchev–Trinajstić information content (AvgIpc) is 2.56. The number of hydrogen-bond acceptors (Lipinski definition) is 4. The van der Waals surface area contributed by atoms with Crippen molar-refractivity contribution in [1.29, 1.82) is 0 Å². The first-order valence-corrected chi connectivity index (χ1v) is 3.33. The maximum atomic E-state index is 11.2. The van der Waals surface area contributed by atoms with Gasteiger partial charge in [0.1, 0.15) is 6.42 Å². The van der Waals surface area contributed by atoms with E-state index in [2.05, 4.69) is 20.2 Å². The molecule has 6 nitrogen and oxygen atoms in total. The van der Waals surface area contributed by atoms with Gasteiger partial charge < -0.3 is 4.98 Å². The topological polar surface area (TPSA) is 84.1 Å². The van der Waals surface area contributed by atoms with Crippen LogP contribution in [0.2, 0.25) is 0 Å². The number of amides is 1. The minimum atomic E-state index is -1.25. The number of anilines is 1. The highest BCUT2D eigenvalue weighted by Crippen LogP contribution is 1.97. The summed E-state index contributed by atoms with van der Waals surface area (Å²) in [7, 11) is 0. The number of halogens is 1. The molecule has 0 fully saturated rings. The predicted molar refractivity (Wildman–Crippen MR) is 39.0 cm³/mol. The fraction of sp³-hybridized carbons (Fsp3) is 0.167. The number of hydrogen-bond donors (Lipinski definition) is 2. The minimum Gasteiger partial charge on any atom is -0.331 e. The van der Waals surface area contributed by atoms with Gasteiger partial charge in [0.25, 0.3) is 0 Å². The zero-order chi connectivity index (χ0) is 9.68. The monoisotopic (exact) mass is 187 g/mol. The quantitative estimate of drug-likeness (QED) is 0.660. The fourth-order valence-electron chi connectivity index (χ4n) is 0.668. The second-order valence-corrected chi connectivity index (χ2v) is 2.11. The summed E-state index contributed by atoms with van der Waals surface area (Å²) in [5.74, 6) is -1.75. The third-order valence-corrected chi connectivity index (χ3v) is 1.15. The summed E-state index contributed by atoms with van der Waals surface area (Å²) in [4.78, 5) is 30.1. The number of H-pyrrole nitrogens is 1. The maximum absolute atomic E-state index is 11.2. The van der Waals surface area contributed by atoms with Crippen molar-refractivity contribution in [3.63, 3.8) is 0 Å². The van der Waals surface area contributed by atoms with E-state index in [1.165, 1.54) is 12.4 Å². The molecule has 0 atom stereocenters. The summed E-state index contributed by atoms with van der Waals surface area (Å²) < 4.78 is 11.2. The molecule has 0 aliphatic heterocycles. The molecule has 0 bridgehead atoms. The van der Waals surface area contributed by atoms with E-state index in [0.717, 1.165) is 0 Å². The third kappa shape index (κ3) is 2.89. The van der Waals surface area contributed by atoms with Crippen molar-refractivity contribution < 1.29 is 19.1 Å². The zero-order valence-electron chi connectivity index (χ0n) is 6.41. The molecule has 1 aromatic rings. The zero-order valence-corrected chi connectivity index (χ0v) is 6.41. The molecular weight excluding hydrogens is 181 g/mol. The first kappa shape index (κ1) is 9.17. The van der Waals surface area contributed by atoms with E-state index in [9.17, 15) is 14.1 Å². The number of imidazole rings is 1. The van der Waals surface area contributed by atoms with Gasteiger partial charge in [-0.2, -0.15) is 0 Å². The molecule has 0 aromatic carbocycles. The summed E-state index contributed by atoms with van der Waals surface area (Å²) >= 11 is 0. The van der Waals surface area contributed by atoms with Gasteiger partial charge in [0, 0.05) is 16.9 Å². The lowest BCUT2D eigenvalue weighted by Gasteiger charge is -1.97. The van der Waals surface area contributed by atoms with Crippen LogP contribution in [-0.2, 0) is 14.5 Å². The number of nitrogens with zero attached hydrogens (tertiary/aromatic N) is 1. The van der Waals surface area contributed by atoms with Crippen molar-refractivity contribution in [2.24, 2.45) is 0 Å². The average molecular weight is 187 g/mol. The molecule has 0 unspecified atom stereocenters. The highest BCUT2D eigenvalue weighted by Gasteiger charge is 2.11. The number of carbonyl (C=O) groups is 2. The van der Waals surface area contributed by atoms with Crippen LogP contribution in [0.5, 0.6) is 0 Å². The Bertz CT molecular complexity index is 298. The van der Waals surface area contributed by atoms with Crippen LogP contribution in [0, 0.1) is 0 Å². The van der Waals surface area contributed by atoms with Crippen molar-refractivity contribution in [1.82, 2.24) is 9.97 Å². The van der Waals surface area contributed by atoms with Crippen molar-refractivity contribution in [2.75, 3.05) is 5.32 Å². The Labute approximate surface area is 72.0 Å². The van der Waals surface area contributed by atoms with E-state index in [-0.39, 0.29) is 5.95 Å². The minimum absolute atomic E-state index is 0.191. The van der Waals surface area contributed by atoms with Crippen LogP contribution in [-0.4, -0.2) is 21.8 Å². The van der Waals surface area contributed by atoms with Crippen LogP contribution in [0.4, 0.5) is 10.5 Å². The van der Waals surface area contributed by atoms with Gasteiger partial charge in [-0.25, -0.2) is 9.78 Å². The number of aromatic nitrogens is 2. The van der Waals surface area contributed by atoms with Crippen LogP contribution in [0.1, 0.15) is 6.42 Å². The molecule has 1 aromatic heterocycles. The van der Waals surface area contributed by atoms with Gasteiger partial charge in [0.2, 0.25) is 11.9 Å². The molecule has 13 heavy (non-hydrogen) atoms. The van der Waals surface area contributed by atoms with Crippen LogP contribution < -0.4 is 5.32 Å². The third-order valence-electron chi connectivity index (χ3n) is 1.15. The highest BCUT2D eigenvalue weighted by molar-refractivity contribution is 6.00. The summed E-state index contributed by atoms with van der Waals surface area (Å²) in [5, 5.41) is 2.21. The molecule has 1 heterocycles. The number of rotatable bonds is 3. The van der Waals surface area contributed by atoms with E-state index >= 15 is 0 Å². The smallest absolute Gasteiger partial charge is 0.331 e. The Morgan fingerprint density at radius 3 is 3.00 bits per heavy atom. The normalized spacial score (nSPS) is 9.31. The van der Waals surface area contributed by atoms with Crippen molar-refractivity contribution in [2.45, 2.75) is 6.42 Å². The van der Waals surface area contributed by atoms with Crippen molar-refractivity contribution in [3.05, 3.63) is 12.4 Å². The van der Waals surface area contributed by atoms with Gasteiger partial charge in [-0.3, -0.25) is 15.1 Å². The second kappa shape index (κ2) is 4.19. The molecule has 0 saturated carbocycles. The molecule has 0 spiro atoms. The Morgan fingerprint density at radius 2 is 2.46 bits per heavy atom. The predicted octanol–water partition coefficient (Wildman–Crippen LogP) is 0.166. The Kier molecular flexibility index (Phi) is 2.96. The first-order chi connectivity index (χ1) is 6.22. The molecule has 0 radical (unpaired) electrons. The molecule has 0 saturated heterocycles. The van der Waals surface area contributed by atoms with Gasteiger partial charge in [-0.15, -0.1) is 0 Å². The summed E-state index contributed by atoms with van der Waals surface area (Å²) in [5.41, 5.74) is 0. The van der Waals surface area contributed by atoms with E-state index in [1.807, 2.05) is 0 Å². The molecule has 1 amide bonds. The molecule has 7 heteroatoms. The lowest BCUT2D eigenvalue weighted by molar-refractivity contribution is -0.183. The van der Waals surface area contributed by atoms with Gasteiger partial charge >= 0.3 is 5.97 Å². The Balaban J connectivity index is 2.38. The van der Waals surface area contributed by atoms with Gasteiger partial charge in [-0.05, 0) is 0 Å². The SMILES string of the molecule is O=C(CC(=O)OF)Nc1ncc[nH]1. The summed E-state index contributed by atoms with van der Waals surface area (Å²) in [6.45, 7) is 0. The van der Waals surface area contributed by atoms with Crippen LogP contribution in [0.25, 0.3) is 0 Å². The van der Waals surface area contributed by atoms with E-state index in [1.54, 1.807) is 0 Å². The molecular formula is C6H6FN3O3. The first-order valence-electron chi connectivity index (χ1n) is 3.33. The van der Waals surface area contributed by atoms with Crippen LogP contribution in [0.3, 0.4) is 0 Å². The van der Waals surface area contributed by atoms with Crippen molar-refractivity contribution in [3.8, 4) is 0 Å². The van der Waals surface area contributed by atoms with Gasteiger partial charge in [0.05, 0.1) is 0 Å². The summed E-state index contributed by atoms with van der Waals surface area (Å²) in [6, 6.07) is 0. The van der Waals surface area contributed by atoms with Crippen molar-refractivity contribution >= 4 is 17.8 Å². The number of aromatic amines is 1. The maximum Gasteiger partial charge on any atom is 0.358 e. The Hall–Kier alpha value is -1.92. The Morgan fingerprint density at radius 1 is 1.69 bits per heavy atom. The van der Waals surface area contributed by atoms with Gasteiger partial charge in [0.15, 0.2) is 0 Å². The van der Waals surface area contributed by atoms with Crippen LogP contribution >= 0.6 is 0 Å².